The van der Waals surface area contributed by atoms with Crippen molar-refractivity contribution in [3.8, 4) is 5.88 Å². The molecule has 0 aromatic carbocycles. The van der Waals surface area contributed by atoms with Crippen LogP contribution in [0.4, 0.5) is 0 Å². The number of hydrogen-bond donors (Lipinski definition) is 1. The van der Waals surface area contributed by atoms with E-state index in [1.165, 1.54) is 0 Å². The van der Waals surface area contributed by atoms with E-state index >= 15 is 0 Å². The molecule has 1 aromatic heterocycles. The van der Waals surface area contributed by atoms with Crippen molar-refractivity contribution >= 4 is 0 Å². The van der Waals surface area contributed by atoms with Crippen LogP contribution >= 0.6 is 0 Å². The van der Waals surface area contributed by atoms with Crippen LogP contribution in [0.3, 0.4) is 0 Å². The molecule has 1 aromatic rings. The van der Waals surface area contributed by atoms with E-state index in [-0.39, 0.29) is 5.60 Å². The van der Waals surface area contributed by atoms with Crippen molar-refractivity contribution in [3.05, 3.63) is 23.4 Å². The van der Waals surface area contributed by atoms with E-state index in [0.717, 1.165) is 17.7 Å². The first-order valence-electron chi connectivity index (χ1n) is 6.77. The molecule has 19 heavy (non-hydrogen) atoms. The highest BCUT2D eigenvalue weighted by Gasteiger charge is 2.16. The lowest BCUT2D eigenvalue weighted by molar-refractivity contribution is 0.00506. The molecule has 0 saturated heterocycles. The Kier molecular flexibility index (Phi) is 5.76. The van der Waals surface area contributed by atoms with Gasteiger partial charge in [0.05, 0.1) is 12.2 Å². The van der Waals surface area contributed by atoms with Crippen LogP contribution < -0.4 is 10.5 Å². The van der Waals surface area contributed by atoms with Crippen molar-refractivity contribution in [1.29, 1.82) is 0 Å². The predicted molar refractivity (Wildman–Crippen MR) is 77.4 cm³/mol. The van der Waals surface area contributed by atoms with E-state index < -0.39 is 0 Å². The van der Waals surface area contributed by atoms with E-state index in [2.05, 4.69) is 18.8 Å². The first kappa shape index (κ1) is 15.9. The van der Waals surface area contributed by atoms with Crippen molar-refractivity contribution in [3.63, 3.8) is 0 Å². The van der Waals surface area contributed by atoms with Gasteiger partial charge in [-0.1, -0.05) is 13.8 Å². The highest BCUT2D eigenvalue weighted by atomic mass is 16.5. The number of hydrogen-bond acceptors (Lipinski definition) is 4. The van der Waals surface area contributed by atoms with Crippen molar-refractivity contribution in [2.75, 3.05) is 13.7 Å². The Hall–Kier alpha value is -1.13. The second kappa shape index (κ2) is 6.87. The minimum absolute atomic E-state index is 0.174. The standard InChI is InChI=1S/C15H26N2O2/c1-11(2)13-8-12(10-16)9-14(17-13)19-7-6-15(3,4)18-5/h8-9,11H,6-7,10,16H2,1-5H3. The van der Waals surface area contributed by atoms with Crippen LogP contribution in [0.15, 0.2) is 12.1 Å². The molecular formula is C15H26N2O2. The molecule has 108 valence electrons. The molecule has 1 rings (SSSR count). The van der Waals surface area contributed by atoms with Gasteiger partial charge in [-0.15, -0.1) is 0 Å². The third kappa shape index (κ3) is 5.17. The highest BCUT2D eigenvalue weighted by Crippen LogP contribution is 2.20. The lowest BCUT2D eigenvalue weighted by atomic mass is 10.1. The molecule has 1 heterocycles. The fourth-order valence-corrected chi connectivity index (χ4v) is 1.57. The molecule has 0 atom stereocenters. The largest absolute Gasteiger partial charge is 0.478 e. The molecule has 4 heteroatoms. The summed E-state index contributed by atoms with van der Waals surface area (Å²) >= 11 is 0. The summed E-state index contributed by atoms with van der Waals surface area (Å²) in [7, 11) is 1.71. The van der Waals surface area contributed by atoms with E-state index in [0.29, 0.717) is 24.9 Å². The maximum atomic E-state index is 5.73. The van der Waals surface area contributed by atoms with Gasteiger partial charge in [-0.2, -0.15) is 0 Å². The quantitative estimate of drug-likeness (QED) is 0.824. The summed E-state index contributed by atoms with van der Waals surface area (Å²) in [4.78, 5) is 4.51. The van der Waals surface area contributed by atoms with Gasteiger partial charge in [0.25, 0.3) is 0 Å². The summed E-state index contributed by atoms with van der Waals surface area (Å²) in [5.74, 6) is 1.02. The van der Waals surface area contributed by atoms with Gasteiger partial charge >= 0.3 is 0 Å². The molecule has 2 N–H and O–H groups in total. The van der Waals surface area contributed by atoms with Gasteiger partial charge in [0, 0.05) is 31.8 Å². The SMILES string of the molecule is COC(C)(C)CCOc1cc(CN)cc(C(C)C)n1. The third-order valence-electron chi connectivity index (χ3n) is 3.22. The Balaban J connectivity index is 2.70. The van der Waals surface area contributed by atoms with E-state index in [9.17, 15) is 0 Å². The first-order valence-corrected chi connectivity index (χ1v) is 6.77. The van der Waals surface area contributed by atoms with E-state index in [4.69, 9.17) is 15.2 Å². The van der Waals surface area contributed by atoms with Crippen LogP contribution in [0.25, 0.3) is 0 Å². The van der Waals surface area contributed by atoms with Crippen molar-refractivity contribution in [2.24, 2.45) is 5.73 Å². The molecule has 0 fully saturated rings. The average Bonchev–Trinajstić information content (AvgIpc) is 2.38. The van der Waals surface area contributed by atoms with Crippen LogP contribution in [0.5, 0.6) is 5.88 Å². The normalized spacial score (nSPS) is 11.9. The zero-order chi connectivity index (χ0) is 14.5. The van der Waals surface area contributed by atoms with E-state index in [1.54, 1.807) is 7.11 Å². The van der Waals surface area contributed by atoms with Crippen molar-refractivity contribution < 1.29 is 9.47 Å². The van der Waals surface area contributed by atoms with Gasteiger partial charge < -0.3 is 15.2 Å². The number of nitrogens with two attached hydrogens (primary N) is 1. The Morgan fingerprint density at radius 2 is 2.00 bits per heavy atom. The monoisotopic (exact) mass is 266 g/mol. The number of rotatable bonds is 7. The lowest BCUT2D eigenvalue weighted by Gasteiger charge is -2.22. The minimum Gasteiger partial charge on any atom is -0.478 e. The number of ether oxygens (including phenoxy) is 2. The third-order valence-corrected chi connectivity index (χ3v) is 3.22. The zero-order valence-electron chi connectivity index (χ0n) is 12.7. The molecule has 0 saturated carbocycles. The Morgan fingerprint density at radius 1 is 1.32 bits per heavy atom. The van der Waals surface area contributed by atoms with Crippen molar-refractivity contribution in [1.82, 2.24) is 4.98 Å². The summed E-state index contributed by atoms with van der Waals surface area (Å²) in [5, 5.41) is 0. The second-order valence-electron chi connectivity index (χ2n) is 5.66. The molecule has 0 aliphatic rings. The number of aromatic nitrogens is 1. The van der Waals surface area contributed by atoms with Crippen LogP contribution in [0, 0.1) is 0 Å². The predicted octanol–water partition coefficient (Wildman–Crippen LogP) is 2.86. The summed E-state index contributed by atoms with van der Waals surface area (Å²) in [6.45, 7) is 9.39. The van der Waals surface area contributed by atoms with E-state index in [1.807, 2.05) is 26.0 Å². The second-order valence-corrected chi connectivity index (χ2v) is 5.66. The average molecular weight is 266 g/mol. The fraction of sp³-hybridized carbons (Fsp3) is 0.667. The maximum Gasteiger partial charge on any atom is 0.213 e. The topological polar surface area (TPSA) is 57.4 Å². The van der Waals surface area contributed by atoms with Gasteiger partial charge in [-0.3, -0.25) is 0 Å². The van der Waals surface area contributed by atoms with Crippen LogP contribution in [-0.4, -0.2) is 24.3 Å². The molecule has 0 bridgehead atoms. The van der Waals surface area contributed by atoms with Crippen LogP contribution in [0.2, 0.25) is 0 Å². The molecule has 0 aliphatic heterocycles. The molecule has 4 nitrogen and oxygen atoms in total. The smallest absolute Gasteiger partial charge is 0.213 e. The summed E-state index contributed by atoms with van der Waals surface area (Å²) < 4.78 is 11.1. The zero-order valence-corrected chi connectivity index (χ0v) is 12.7. The maximum absolute atomic E-state index is 5.73. The van der Waals surface area contributed by atoms with Gasteiger partial charge in [0.15, 0.2) is 0 Å². The fourth-order valence-electron chi connectivity index (χ4n) is 1.57. The Labute approximate surface area is 116 Å². The van der Waals surface area contributed by atoms with Gasteiger partial charge in [-0.05, 0) is 31.4 Å². The van der Waals surface area contributed by atoms with Gasteiger partial charge in [-0.25, -0.2) is 4.98 Å². The molecule has 0 amide bonds. The molecule has 0 unspecified atom stereocenters. The molecule has 0 aliphatic carbocycles. The molecule has 0 spiro atoms. The first-order chi connectivity index (χ1) is 8.88. The minimum atomic E-state index is -0.174. The summed E-state index contributed by atoms with van der Waals surface area (Å²) in [5.41, 5.74) is 7.60. The summed E-state index contributed by atoms with van der Waals surface area (Å²) in [6.07, 6.45) is 0.815. The number of pyridine rings is 1. The number of nitrogens with zero attached hydrogens (tertiary/aromatic N) is 1. The Bertz CT molecular complexity index is 403. The van der Waals surface area contributed by atoms with Crippen LogP contribution in [0.1, 0.15) is 51.3 Å². The van der Waals surface area contributed by atoms with Crippen LogP contribution in [-0.2, 0) is 11.3 Å². The highest BCUT2D eigenvalue weighted by molar-refractivity contribution is 5.26. The lowest BCUT2D eigenvalue weighted by Crippen LogP contribution is -2.25. The van der Waals surface area contributed by atoms with Gasteiger partial charge in [0.2, 0.25) is 5.88 Å². The van der Waals surface area contributed by atoms with Gasteiger partial charge in [0.1, 0.15) is 0 Å². The Morgan fingerprint density at radius 3 is 2.53 bits per heavy atom. The number of methoxy groups -OCH3 is 1. The summed E-state index contributed by atoms with van der Waals surface area (Å²) in [6, 6.07) is 3.95. The molecule has 0 radical (unpaired) electrons. The molecular weight excluding hydrogens is 240 g/mol. The van der Waals surface area contributed by atoms with Crippen molar-refractivity contribution in [2.45, 2.75) is 52.2 Å².